The first-order valence-corrected chi connectivity index (χ1v) is 17.7. The molecule has 5 aromatic carbocycles. The maximum Gasteiger partial charge on any atom is 0.0900 e. The van der Waals surface area contributed by atoms with Crippen LogP contribution >= 0.6 is 0 Å². The summed E-state index contributed by atoms with van der Waals surface area (Å²) in [6.07, 6.45) is 5.64. The van der Waals surface area contributed by atoms with Crippen LogP contribution in [0.15, 0.2) is 188 Å². The summed E-state index contributed by atoms with van der Waals surface area (Å²) in [6, 6.07) is 59.3. The van der Waals surface area contributed by atoms with Gasteiger partial charge in [0.15, 0.2) is 0 Å². The predicted molar refractivity (Wildman–Crippen MR) is 217 cm³/mol. The Morgan fingerprint density at radius 1 is 0.358 bits per heavy atom. The molecule has 0 radical (unpaired) electrons. The SMILES string of the molecule is c1ccc(-n2c3ccncc3c3cc(-c4ccc(-c5cc(-c6ccccn6)nc(-c6cccc(-c7ccc8ccccc8c7)n6)c5)cc4)ccc32)cc1. The normalized spacial score (nSPS) is 11.4. The largest absolute Gasteiger partial charge is 0.309 e. The van der Waals surface area contributed by atoms with E-state index in [2.05, 4.69) is 160 Å². The molecule has 0 saturated carbocycles. The third-order valence-electron chi connectivity index (χ3n) is 9.94. The Morgan fingerprint density at radius 2 is 1.02 bits per heavy atom. The fourth-order valence-electron chi connectivity index (χ4n) is 7.32. The highest BCUT2D eigenvalue weighted by molar-refractivity contribution is 6.10. The fourth-order valence-corrected chi connectivity index (χ4v) is 7.32. The number of pyridine rings is 4. The minimum atomic E-state index is 0.795. The number of fused-ring (bicyclic) bond motifs is 4. The smallest absolute Gasteiger partial charge is 0.0900 e. The molecular weight excluding hydrogens is 647 g/mol. The van der Waals surface area contributed by atoms with Crippen LogP contribution in [0.4, 0.5) is 0 Å². The lowest BCUT2D eigenvalue weighted by Crippen LogP contribution is -1.95. The van der Waals surface area contributed by atoms with Gasteiger partial charge in [0.25, 0.3) is 0 Å². The van der Waals surface area contributed by atoms with Gasteiger partial charge in [0.05, 0.1) is 39.5 Å². The summed E-state index contributed by atoms with van der Waals surface area (Å²) in [4.78, 5) is 19.3. The molecule has 5 aromatic heterocycles. The molecule has 0 aliphatic carbocycles. The zero-order valence-corrected chi connectivity index (χ0v) is 28.6. The molecular formula is C48H31N5. The molecule has 0 bridgehead atoms. The van der Waals surface area contributed by atoms with Gasteiger partial charge in [0.1, 0.15) is 0 Å². The van der Waals surface area contributed by atoms with E-state index in [0.29, 0.717) is 0 Å². The van der Waals surface area contributed by atoms with E-state index in [-0.39, 0.29) is 0 Å². The third-order valence-corrected chi connectivity index (χ3v) is 9.94. The van der Waals surface area contributed by atoms with Crippen molar-refractivity contribution in [2.75, 3.05) is 0 Å². The Kier molecular flexibility index (Phi) is 7.40. The van der Waals surface area contributed by atoms with E-state index >= 15 is 0 Å². The first kappa shape index (κ1) is 30.6. The first-order valence-electron chi connectivity index (χ1n) is 17.7. The van der Waals surface area contributed by atoms with E-state index in [4.69, 9.17) is 9.97 Å². The average molecular weight is 678 g/mol. The van der Waals surface area contributed by atoms with Gasteiger partial charge in [-0.2, -0.15) is 0 Å². The molecule has 10 rings (SSSR count). The Bertz CT molecular complexity index is 2930. The van der Waals surface area contributed by atoms with E-state index < -0.39 is 0 Å². The minimum absolute atomic E-state index is 0.795. The molecule has 0 amide bonds. The van der Waals surface area contributed by atoms with Crippen molar-refractivity contribution in [3.05, 3.63) is 188 Å². The van der Waals surface area contributed by atoms with Crippen molar-refractivity contribution in [2.45, 2.75) is 0 Å². The second-order valence-electron chi connectivity index (χ2n) is 13.2. The van der Waals surface area contributed by atoms with Gasteiger partial charge in [-0.25, -0.2) is 9.97 Å². The van der Waals surface area contributed by atoms with E-state index in [1.807, 2.05) is 36.7 Å². The number of benzene rings is 5. The minimum Gasteiger partial charge on any atom is -0.309 e. The molecule has 5 nitrogen and oxygen atoms in total. The maximum atomic E-state index is 5.12. The van der Waals surface area contributed by atoms with Gasteiger partial charge in [-0.3, -0.25) is 9.97 Å². The van der Waals surface area contributed by atoms with Crippen LogP contribution in [0.25, 0.3) is 94.6 Å². The van der Waals surface area contributed by atoms with Gasteiger partial charge in [-0.15, -0.1) is 0 Å². The number of para-hydroxylation sites is 1. The molecule has 0 N–H and O–H groups in total. The molecule has 0 spiro atoms. The molecule has 0 saturated heterocycles. The highest BCUT2D eigenvalue weighted by Gasteiger charge is 2.15. The summed E-state index contributed by atoms with van der Waals surface area (Å²) < 4.78 is 2.31. The molecule has 0 unspecified atom stereocenters. The molecule has 5 heteroatoms. The van der Waals surface area contributed by atoms with Gasteiger partial charge in [0, 0.05) is 40.6 Å². The summed E-state index contributed by atoms with van der Waals surface area (Å²) >= 11 is 0. The number of hydrogen-bond donors (Lipinski definition) is 0. The lowest BCUT2D eigenvalue weighted by Gasteiger charge is -2.11. The molecule has 0 fully saturated rings. The maximum absolute atomic E-state index is 5.12. The van der Waals surface area contributed by atoms with Crippen LogP contribution in [0.1, 0.15) is 0 Å². The summed E-state index contributed by atoms with van der Waals surface area (Å²) in [5.41, 5.74) is 13.1. The lowest BCUT2D eigenvalue weighted by atomic mass is 9.98. The van der Waals surface area contributed by atoms with Gasteiger partial charge in [-0.1, -0.05) is 97.1 Å². The van der Waals surface area contributed by atoms with Crippen molar-refractivity contribution < 1.29 is 0 Å². The second kappa shape index (κ2) is 12.8. The highest BCUT2D eigenvalue weighted by Crippen LogP contribution is 2.36. The molecule has 10 aromatic rings. The summed E-state index contributed by atoms with van der Waals surface area (Å²) in [6.45, 7) is 0. The number of rotatable bonds is 6. The fraction of sp³-hybridized carbons (Fsp3) is 0. The van der Waals surface area contributed by atoms with E-state index in [9.17, 15) is 0 Å². The van der Waals surface area contributed by atoms with Crippen LogP contribution in [0.5, 0.6) is 0 Å². The van der Waals surface area contributed by atoms with E-state index in [1.54, 1.807) is 6.20 Å². The van der Waals surface area contributed by atoms with E-state index in [1.165, 1.54) is 16.2 Å². The molecule has 0 aliphatic heterocycles. The van der Waals surface area contributed by atoms with Crippen molar-refractivity contribution in [2.24, 2.45) is 0 Å². The number of aromatic nitrogens is 5. The Morgan fingerprint density at radius 3 is 1.85 bits per heavy atom. The first-order chi connectivity index (χ1) is 26.2. The average Bonchev–Trinajstić information content (AvgIpc) is 3.58. The van der Waals surface area contributed by atoms with Gasteiger partial charge < -0.3 is 4.57 Å². The van der Waals surface area contributed by atoms with Crippen molar-refractivity contribution in [1.29, 1.82) is 0 Å². The Hall–Kier alpha value is -7.24. The van der Waals surface area contributed by atoms with Crippen molar-refractivity contribution >= 4 is 32.6 Å². The van der Waals surface area contributed by atoms with E-state index in [0.717, 1.165) is 78.4 Å². The van der Waals surface area contributed by atoms with Crippen LogP contribution in [0.2, 0.25) is 0 Å². The lowest BCUT2D eigenvalue weighted by molar-refractivity contribution is 1.17. The van der Waals surface area contributed by atoms with Crippen LogP contribution in [-0.2, 0) is 0 Å². The number of nitrogens with zero attached hydrogens (tertiary/aromatic N) is 5. The molecule has 53 heavy (non-hydrogen) atoms. The summed E-state index contributed by atoms with van der Waals surface area (Å²) in [5.74, 6) is 0. The molecule has 5 heterocycles. The standard InChI is InChI=1S/C48H31N5/c1-2-11-39(12-3-1)53-47-23-22-36(28-40(47)41-31-49-26-24-48(41)53)33-16-18-34(19-17-33)38-29-45(43-13-6-7-25-50-43)52-46(30-38)44-15-8-14-42(51-44)37-21-20-32-9-4-5-10-35(32)27-37/h1-31H. The monoisotopic (exact) mass is 677 g/mol. The quantitative estimate of drug-likeness (QED) is 0.176. The van der Waals surface area contributed by atoms with Crippen molar-refractivity contribution in [1.82, 2.24) is 24.5 Å². The van der Waals surface area contributed by atoms with Gasteiger partial charge >= 0.3 is 0 Å². The van der Waals surface area contributed by atoms with Gasteiger partial charge in [-0.05, 0) is 106 Å². The highest BCUT2D eigenvalue weighted by atomic mass is 15.0. The van der Waals surface area contributed by atoms with Gasteiger partial charge in [0.2, 0.25) is 0 Å². The topological polar surface area (TPSA) is 56.5 Å². The summed E-state index contributed by atoms with van der Waals surface area (Å²) in [5, 5.41) is 4.71. The second-order valence-corrected chi connectivity index (χ2v) is 13.2. The molecule has 0 aliphatic rings. The Balaban J connectivity index is 1.04. The summed E-state index contributed by atoms with van der Waals surface area (Å²) in [7, 11) is 0. The van der Waals surface area contributed by atoms with Crippen molar-refractivity contribution in [3.8, 4) is 62.0 Å². The molecule has 248 valence electrons. The zero-order chi connectivity index (χ0) is 35.1. The zero-order valence-electron chi connectivity index (χ0n) is 28.6. The molecule has 0 atom stereocenters. The van der Waals surface area contributed by atoms with Crippen LogP contribution in [0.3, 0.4) is 0 Å². The van der Waals surface area contributed by atoms with Crippen LogP contribution in [0, 0.1) is 0 Å². The van der Waals surface area contributed by atoms with Crippen molar-refractivity contribution in [3.63, 3.8) is 0 Å². The third kappa shape index (κ3) is 5.61. The van der Waals surface area contributed by atoms with Crippen LogP contribution in [-0.4, -0.2) is 24.5 Å². The number of hydrogen-bond acceptors (Lipinski definition) is 4. The Labute approximate surface area is 306 Å². The van der Waals surface area contributed by atoms with Crippen LogP contribution < -0.4 is 0 Å². The predicted octanol–water partition coefficient (Wildman–Crippen LogP) is 11.9.